The van der Waals surface area contributed by atoms with Crippen molar-refractivity contribution in [2.45, 2.75) is 20.4 Å². The van der Waals surface area contributed by atoms with E-state index in [9.17, 15) is 4.79 Å². The number of aliphatic imine (C=N–C) groups is 1. The Hall–Kier alpha value is -3.09. The van der Waals surface area contributed by atoms with Crippen LogP contribution in [0, 0.1) is 0 Å². The van der Waals surface area contributed by atoms with Crippen LogP contribution in [0.2, 0.25) is 0 Å². The highest BCUT2D eigenvalue weighted by molar-refractivity contribution is 5.85. The first-order valence-corrected chi connectivity index (χ1v) is 10.7. The van der Waals surface area contributed by atoms with Crippen molar-refractivity contribution in [1.82, 2.24) is 20.1 Å². The molecule has 0 aliphatic carbocycles. The third-order valence-corrected chi connectivity index (χ3v) is 5.20. The van der Waals surface area contributed by atoms with Gasteiger partial charge in [0.15, 0.2) is 5.96 Å². The van der Waals surface area contributed by atoms with Gasteiger partial charge >= 0.3 is 0 Å². The molecule has 30 heavy (non-hydrogen) atoms. The molecule has 2 aromatic rings. The molecule has 0 spiro atoms. The van der Waals surface area contributed by atoms with E-state index in [0.29, 0.717) is 13.1 Å². The molecule has 1 N–H and O–H groups in total. The van der Waals surface area contributed by atoms with Gasteiger partial charge in [0.25, 0.3) is 0 Å². The van der Waals surface area contributed by atoms with Gasteiger partial charge in [0.05, 0.1) is 0 Å². The van der Waals surface area contributed by atoms with Gasteiger partial charge in [-0.2, -0.15) is 0 Å². The summed E-state index contributed by atoms with van der Waals surface area (Å²) in [6, 6.07) is 16.1. The maximum atomic E-state index is 12.8. The molecule has 0 radical (unpaired) electrons. The van der Waals surface area contributed by atoms with Gasteiger partial charge in [-0.05, 0) is 31.5 Å². The number of piperazine rings is 1. The molecule has 160 valence electrons. The first kappa shape index (κ1) is 21.6. The van der Waals surface area contributed by atoms with Crippen molar-refractivity contribution >= 4 is 17.7 Å². The number of likely N-dealkylation sites (N-methyl/N-ethyl adjacent to an activating group) is 1. The molecule has 1 aromatic carbocycles. The largest absolute Gasteiger partial charge is 0.357 e. The van der Waals surface area contributed by atoms with Crippen molar-refractivity contribution in [3.63, 3.8) is 0 Å². The molecule has 1 aliphatic rings. The van der Waals surface area contributed by atoms with Crippen LogP contribution < -0.4 is 10.2 Å². The molecule has 1 fully saturated rings. The number of hydrogen-bond donors (Lipinski definition) is 1. The first-order valence-electron chi connectivity index (χ1n) is 10.7. The summed E-state index contributed by atoms with van der Waals surface area (Å²) in [7, 11) is 0. The summed E-state index contributed by atoms with van der Waals surface area (Å²) in [5.74, 6) is 1.86. The molecular formula is C23H32N6O. The summed E-state index contributed by atoms with van der Waals surface area (Å²) >= 11 is 0. The van der Waals surface area contributed by atoms with E-state index in [2.05, 4.69) is 32.0 Å². The zero-order chi connectivity index (χ0) is 21.2. The Bertz CT molecular complexity index is 803. The lowest BCUT2D eigenvalue weighted by molar-refractivity contribution is -0.130. The van der Waals surface area contributed by atoms with E-state index in [1.807, 2.05) is 66.6 Å². The van der Waals surface area contributed by atoms with E-state index >= 15 is 0 Å². The third kappa shape index (κ3) is 5.95. The molecule has 1 aromatic heterocycles. The number of benzene rings is 1. The average molecular weight is 409 g/mol. The van der Waals surface area contributed by atoms with Crippen LogP contribution in [0.5, 0.6) is 0 Å². The number of carbonyl (C=O) groups is 1. The number of nitrogens with zero attached hydrogens (tertiary/aromatic N) is 5. The average Bonchev–Trinajstić information content (AvgIpc) is 2.81. The summed E-state index contributed by atoms with van der Waals surface area (Å²) in [5, 5.41) is 3.34. The molecule has 1 amide bonds. The Morgan fingerprint density at radius 3 is 2.43 bits per heavy atom. The molecule has 3 rings (SSSR count). The fraction of sp³-hybridized carbons (Fsp3) is 0.435. The Morgan fingerprint density at radius 1 is 1.07 bits per heavy atom. The molecule has 0 unspecified atom stereocenters. The third-order valence-electron chi connectivity index (χ3n) is 5.20. The van der Waals surface area contributed by atoms with Gasteiger partial charge in [-0.15, -0.1) is 0 Å². The summed E-state index contributed by atoms with van der Waals surface area (Å²) in [6.07, 6.45) is 1.83. The van der Waals surface area contributed by atoms with Crippen molar-refractivity contribution in [1.29, 1.82) is 0 Å². The zero-order valence-electron chi connectivity index (χ0n) is 18.0. The highest BCUT2D eigenvalue weighted by Gasteiger charge is 2.21. The summed E-state index contributed by atoms with van der Waals surface area (Å²) in [4.78, 5) is 28.2. The minimum Gasteiger partial charge on any atom is -0.357 e. The van der Waals surface area contributed by atoms with Crippen LogP contribution in [0.3, 0.4) is 0 Å². The number of guanidine groups is 1. The Balaban J connectivity index is 1.58. The lowest BCUT2D eigenvalue weighted by Gasteiger charge is -2.37. The highest BCUT2D eigenvalue weighted by Crippen LogP contribution is 2.12. The van der Waals surface area contributed by atoms with Gasteiger partial charge in [-0.1, -0.05) is 36.4 Å². The Morgan fingerprint density at radius 2 is 1.80 bits per heavy atom. The number of anilines is 1. The van der Waals surface area contributed by atoms with Crippen molar-refractivity contribution in [2.75, 3.05) is 50.7 Å². The second-order valence-corrected chi connectivity index (χ2v) is 7.23. The van der Waals surface area contributed by atoms with Crippen LogP contribution in [0.1, 0.15) is 19.4 Å². The summed E-state index contributed by atoms with van der Waals surface area (Å²) in [5.41, 5.74) is 1.13. The van der Waals surface area contributed by atoms with Gasteiger partial charge in [0, 0.05) is 52.0 Å². The second-order valence-electron chi connectivity index (χ2n) is 7.23. The second kappa shape index (κ2) is 11.2. The molecule has 0 saturated carbocycles. The van der Waals surface area contributed by atoms with Crippen LogP contribution >= 0.6 is 0 Å². The summed E-state index contributed by atoms with van der Waals surface area (Å²) in [6.45, 7) is 9.72. The number of carbonyl (C=O) groups excluding carboxylic acids is 1. The monoisotopic (exact) mass is 408 g/mol. The van der Waals surface area contributed by atoms with Crippen molar-refractivity contribution in [3.05, 3.63) is 60.3 Å². The molecule has 0 bridgehead atoms. The lowest BCUT2D eigenvalue weighted by atomic mass is 10.2. The topological polar surface area (TPSA) is 64.1 Å². The molecular weight excluding hydrogens is 376 g/mol. The van der Waals surface area contributed by atoms with Crippen molar-refractivity contribution < 1.29 is 4.79 Å². The van der Waals surface area contributed by atoms with Gasteiger partial charge in [0.2, 0.25) is 5.91 Å². The molecule has 1 aliphatic heterocycles. The molecule has 7 nitrogen and oxygen atoms in total. The van der Waals surface area contributed by atoms with E-state index in [1.54, 1.807) is 0 Å². The smallest absolute Gasteiger partial charge is 0.244 e. The van der Waals surface area contributed by atoms with Crippen LogP contribution in [-0.2, 0) is 11.3 Å². The van der Waals surface area contributed by atoms with Crippen LogP contribution in [-0.4, -0.2) is 72.5 Å². The Labute approximate surface area is 179 Å². The SMILES string of the molecule is CCNC(=NCC(=O)N(CC)Cc1ccccc1)N1CCN(c2ccccn2)CC1. The number of nitrogens with one attached hydrogen (secondary N) is 1. The van der Waals surface area contributed by atoms with Gasteiger partial charge < -0.3 is 20.0 Å². The van der Waals surface area contributed by atoms with E-state index < -0.39 is 0 Å². The fourth-order valence-electron chi connectivity index (χ4n) is 3.54. The predicted molar refractivity (Wildman–Crippen MR) is 122 cm³/mol. The minimum absolute atomic E-state index is 0.0453. The molecule has 7 heteroatoms. The molecule has 1 saturated heterocycles. The molecule has 2 heterocycles. The summed E-state index contributed by atoms with van der Waals surface area (Å²) < 4.78 is 0. The number of amides is 1. The van der Waals surface area contributed by atoms with E-state index in [-0.39, 0.29) is 12.5 Å². The maximum absolute atomic E-state index is 12.8. The number of aromatic nitrogens is 1. The standard InChI is InChI=1S/C23H32N6O/c1-3-24-23(29-16-14-28(15-17-29)21-12-8-9-13-25-21)26-18-22(30)27(4-2)19-20-10-6-5-7-11-20/h5-13H,3-4,14-19H2,1-2H3,(H,24,26). The first-order chi connectivity index (χ1) is 14.7. The minimum atomic E-state index is 0.0453. The number of pyridine rings is 1. The fourth-order valence-corrected chi connectivity index (χ4v) is 3.54. The Kier molecular flexibility index (Phi) is 8.06. The maximum Gasteiger partial charge on any atom is 0.244 e. The van der Waals surface area contributed by atoms with Gasteiger partial charge in [0.1, 0.15) is 12.4 Å². The predicted octanol–water partition coefficient (Wildman–Crippen LogP) is 2.22. The van der Waals surface area contributed by atoms with Crippen LogP contribution in [0.25, 0.3) is 0 Å². The molecule has 0 atom stereocenters. The van der Waals surface area contributed by atoms with Crippen molar-refractivity contribution in [3.8, 4) is 0 Å². The van der Waals surface area contributed by atoms with Crippen LogP contribution in [0.15, 0.2) is 59.7 Å². The van der Waals surface area contributed by atoms with Gasteiger partial charge in [-0.3, -0.25) is 4.79 Å². The number of hydrogen-bond acceptors (Lipinski definition) is 4. The van der Waals surface area contributed by atoms with Crippen molar-refractivity contribution in [2.24, 2.45) is 4.99 Å². The van der Waals surface area contributed by atoms with Crippen LogP contribution in [0.4, 0.5) is 5.82 Å². The lowest BCUT2D eigenvalue weighted by Crippen LogP contribution is -2.53. The highest BCUT2D eigenvalue weighted by atomic mass is 16.2. The normalized spacial score (nSPS) is 14.5. The number of rotatable bonds is 7. The zero-order valence-corrected chi connectivity index (χ0v) is 18.0. The van der Waals surface area contributed by atoms with E-state index in [4.69, 9.17) is 0 Å². The van der Waals surface area contributed by atoms with E-state index in [0.717, 1.165) is 50.1 Å². The van der Waals surface area contributed by atoms with E-state index in [1.165, 1.54) is 0 Å². The van der Waals surface area contributed by atoms with Gasteiger partial charge in [-0.25, -0.2) is 9.98 Å². The quantitative estimate of drug-likeness (QED) is 0.562.